The minimum atomic E-state index is 0.0139. The number of carbonyl (C=O) groups excluding carboxylic acids is 1. The largest absolute Gasteiger partial charge is 0.324 e. The van der Waals surface area contributed by atoms with Crippen LogP contribution in [0.5, 0.6) is 0 Å². The Labute approximate surface area is 117 Å². The number of piperidine rings is 1. The minimum absolute atomic E-state index is 0.0139. The molecule has 1 fully saturated rings. The normalized spacial score (nSPS) is 19.7. The van der Waals surface area contributed by atoms with E-state index in [4.69, 9.17) is 0 Å². The lowest BCUT2D eigenvalue weighted by Gasteiger charge is -2.32. The number of nitrogens with one attached hydrogen (secondary N) is 1. The fourth-order valence-electron chi connectivity index (χ4n) is 2.34. The van der Waals surface area contributed by atoms with E-state index in [0.717, 1.165) is 36.1 Å². The Morgan fingerprint density at radius 1 is 1.50 bits per heavy atom. The molecule has 0 saturated carbocycles. The SMILES string of the molecule is CC[C@@H]1CCCN(C(=O)Nc2ccccc2Br)C1. The van der Waals surface area contributed by atoms with Crippen LogP contribution in [0.4, 0.5) is 10.5 Å². The number of amides is 2. The number of para-hydroxylation sites is 1. The maximum absolute atomic E-state index is 12.2. The van der Waals surface area contributed by atoms with Crippen LogP contribution in [0.25, 0.3) is 0 Å². The zero-order valence-corrected chi connectivity index (χ0v) is 12.2. The molecule has 0 radical (unpaired) electrons. The second-order valence-corrected chi connectivity index (χ2v) is 5.63. The lowest BCUT2D eigenvalue weighted by atomic mass is 9.96. The van der Waals surface area contributed by atoms with Gasteiger partial charge in [0.2, 0.25) is 0 Å². The molecule has 1 N–H and O–H groups in total. The molecule has 0 unspecified atom stereocenters. The average Bonchev–Trinajstić information content (AvgIpc) is 2.41. The highest BCUT2D eigenvalue weighted by Gasteiger charge is 2.22. The van der Waals surface area contributed by atoms with Gasteiger partial charge >= 0.3 is 6.03 Å². The summed E-state index contributed by atoms with van der Waals surface area (Å²) in [5, 5.41) is 2.96. The minimum Gasteiger partial charge on any atom is -0.324 e. The van der Waals surface area contributed by atoms with Crippen molar-refractivity contribution in [3.05, 3.63) is 28.7 Å². The van der Waals surface area contributed by atoms with Gasteiger partial charge in [-0.2, -0.15) is 0 Å². The number of hydrogen-bond donors (Lipinski definition) is 1. The van der Waals surface area contributed by atoms with Crippen molar-refractivity contribution in [2.24, 2.45) is 5.92 Å². The highest BCUT2D eigenvalue weighted by Crippen LogP contribution is 2.23. The van der Waals surface area contributed by atoms with Gasteiger partial charge in [0.25, 0.3) is 0 Å². The van der Waals surface area contributed by atoms with Gasteiger partial charge in [-0.05, 0) is 46.8 Å². The molecule has 1 aliphatic rings. The molecule has 2 amide bonds. The molecule has 1 atom stereocenters. The number of nitrogens with zero attached hydrogens (tertiary/aromatic N) is 1. The first-order valence-electron chi connectivity index (χ1n) is 6.51. The second kappa shape index (κ2) is 6.23. The summed E-state index contributed by atoms with van der Waals surface area (Å²) in [5.41, 5.74) is 0.834. The Morgan fingerprint density at radius 3 is 3.00 bits per heavy atom. The highest BCUT2D eigenvalue weighted by atomic mass is 79.9. The molecule has 2 rings (SSSR count). The van der Waals surface area contributed by atoms with Gasteiger partial charge in [0.15, 0.2) is 0 Å². The lowest BCUT2D eigenvalue weighted by molar-refractivity contribution is 0.176. The van der Waals surface area contributed by atoms with E-state index in [1.54, 1.807) is 0 Å². The van der Waals surface area contributed by atoms with E-state index in [0.29, 0.717) is 5.92 Å². The van der Waals surface area contributed by atoms with Crippen LogP contribution < -0.4 is 5.32 Å². The van der Waals surface area contributed by atoms with Gasteiger partial charge in [-0.15, -0.1) is 0 Å². The fraction of sp³-hybridized carbons (Fsp3) is 0.500. The van der Waals surface area contributed by atoms with Crippen molar-refractivity contribution in [2.45, 2.75) is 26.2 Å². The van der Waals surface area contributed by atoms with Crippen molar-refractivity contribution in [3.63, 3.8) is 0 Å². The molecule has 4 heteroatoms. The Hall–Kier alpha value is -1.03. The molecule has 1 heterocycles. The van der Waals surface area contributed by atoms with Crippen LogP contribution in [0.2, 0.25) is 0 Å². The first-order valence-corrected chi connectivity index (χ1v) is 7.30. The van der Waals surface area contributed by atoms with E-state index in [9.17, 15) is 4.79 Å². The number of benzene rings is 1. The van der Waals surface area contributed by atoms with E-state index in [1.807, 2.05) is 29.2 Å². The van der Waals surface area contributed by atoms with Gasteiger partial charge in [-0.3, -0.25) is 0 Å². The molecular formula is C14H19BrN2O. The molecule has 1 saturated heterocycles. The van der Waals surface area contributed by atoms with Crippen LogP contribution >= 0.6 is 15.9 Å². The maximum Gasteiger partial charge on any atom is 0.321 e. The fourth-order valence-corrected chi connectivity index (χ4v) is 2.72. The molecule has 3 nitrogen and oxygen atoms in total. The van der Waals surface area contributed by atoms with Crippen molar-refractivity contribution in [1.82, 2.24) is 4.90 Å². The first kappa shape index (κ1) is 13.4. The Kier molecular flexibility index (Phi) is 4.64. The molecule has 0 aliphatic carbocycles. The van der Waals surface area contributed by atoms with Crippen LogP contribution in [0.3, 0.4) is 0 Å². The Balaban J connectivity index is 1.97. The van der Waals surface area contributed by atoms with E-state index in [-0.39, 0.29) is 6.03 Å². The van der Waals surface area contributed by atoms with Crippen molar-refractivity contribution < 1.29 is 4.79 Å². The number of halogens is 1. The van der Waals surface area contributed by atoms with Gasteiger partial charge in [-0.1, -0.05) is 25.5 Å². The van der Waals surface area contributed by atoms with Crippen molar-refractivity contribution in [2.75, 3.05) is 18.4 Å². The number of rotatable bonds is 2. The van der Waals surface area contributed by atoms with Crippen molar-refractivity contribution >= 4 is 27.6 Å². The van der Waals surface area contributed by atoms with E-state index in [1.165, 1.54) is 6.42 Å². The maximum atomic E-state index is 12.2. The smallest absolute Gasteiger partial charge is 0.321 e. The summed E-state index contributed by atoms with van der Waals surface area (Å²) in [4.78, 5) is 14.1. The molecule has 0 bridgehead atoms. The first-order chi connectivity index (χ1) is 8.70. The summed E-state index contributed by atoms with van der Waals surface area (Å²) in [6, 6.07) is 7.71. The summed E-state index contributed by atoms with van der Waals surface area (Å²) < 4.78 is 0.919. The predicted octanol–water partition coefficient (Wildman–Crippen LogP) is 4.10. The molecule has 1 aromatic rings. The van der Waals surface area contributed by atoms with Gasteiger partial charge in [0, 0.05) is 17.6 Å². The third-order valence-electron chi connectivity index (χ3n) is 3.50. The zero-order valence-electron chi connectivity index (χ0n) is 10.7. The van der Waals surface area contributed by atoms with Crippen LogP contribution in [-0.4, -0.2) is 24.0 Å². The summed E-state index contributed by atoms with van der Waals surface area (Å²) in [6.07, 6.45) is 3.51. The van der Waals surface area contributed by atoms with Crippen molar-refractivity contribution in [3.8, 4) is 0 Å². The molecule has 98 valence electrons. The molecule has 18 heavy (non-hydrogen) atoms. The summed E-state index contributed by atoms with van der Waals surface area (Å²) in [5.74, 6) is 0.656. The lowest BCUT2D eigenvalue weighted by Crippen LogP contribution is -2.42. The van der Waals surface area contributed by atoms with Crippen LogP contribution in [0.1, 0.15) is 26.2 Å². The summed E-state index contributed by atoms with van der Waals surface area (Å²) >= 11 is 3.44. The topological polar surface area (TPSA) is 32.3 Å². The predicted molar refractivity (Wildman–Crippen MR) is 77.7 cm³/mol. The van der Waals surface area contributed by atoms with E-state index in [2.05, 4.69) is 28.2 Å². The van der Waals surface area contributed by atoms with E-state index < -0.39 is 0 Å². The summed E-state index contributed by atoms with van der Waals surface area (Å²) in [7, 11) is 0. The van der Waals surface area contributed by atoms with Gasteiger partial charge in [0.05, 0.1) is 5.69 Å². The van der Waals surface area contributed by atoms with Gasteiger partial charge in [-0.25, -0.2) is 4.79 Å². The third-order valence-corrected chi connectivity index (χ3v) is 4.19. The monoisotopic (exact) mass is 310 g/mol. The summed E-state index contributed by atoms with van der Waals surface area (Å²) in [6.45, 7) is 3.94. The number of likely N-dealkylation sites (tertiary alicyclic amines) is 1. The van der Waals surface area contributed by atoms with Crippen LogP contribution in [-0.2, 0) is 0 Å². The molecule has 1 aliphatic heterocycles. The average molecular weight is 311 g/mol. The Bertz CT molecular complexity index is 422. The van der Waals surface area contributed by atoms with Crippen molar-refractivity contribution in [1.29, 1.82) is 0 Å². The number of carbonyl (C=O) groups is 1. The number of anilines is 1. The van der Waals surface area contributed by atoms with E-state index >= 15 is 0 Å². The molecule has 0 aromatic heterocycles. The van der Waals surface area contributed by atoms with Gasteiger partial charge < -0.3 is 10.2 Å². The van der Waals surface area contributed by atoms with Crippen LogP contribution in [0.15, 0.2) is 28.7 Å². The zero-order chi connectivity index (χ0) is 13.0. The Morgan fingerprint density at radius 2 is 2.28 bits per heavy atom. The van der Waals surface area contributed by atoms with Crippen LogP contribution in [0, 0.1) is 5.92 Å². The standard InChI is InChI=1S/C14H19BrN2O/c1-2-11-6-5-9-17(10-11)14(18)16-13-8-4-3-7-12(13)15/h3-4,7-8,11H,2,5-6,9-10H2,1H3,(H,16,18)/t11-/m1/s1. The molecule has 0 spiro atoms. The third kappa shape index (κ3) is 3.25. The quantitative estimate of drug-likeness (QED) is 0.876. The second-order valence-electron chi connectivity index (χ2n) is 4.77. The highest BCUT2D eigenvalue weighted by molar-refractivity contribution is 9.10. The number of hydrogen-bond acceptors (Lipinski definition) is 1. The molecule has 1 aromatic carbocycles. The van der Waals surface area contributed by atoms with Gasteiger partial charge in [0.1, 0.15) is 0 Å². The number of urea groups is 1. The molecular weight excluding hydrogens is 292 g/mol.